The fourth-order valence-corrected chi connectivity index (χ4v) is 9.59. The predicted octanol–water partition coefficient (Wildman–Crippen LogP) is 13.4. The average Bonchev–Trinajstić information content (AvgIpc) is 3.81. The molecule has 10 rings (SSSR count). The van der Waals surface area contributed by atoms with Crippen LogP contribution in [0.5, 0.6) is 0 Å². The number of rotatable bonds is 4. The maximum Gasteiger partial charge on any atom is 0.0727 e. The highest BCUT2D eigenvalue weighted by Crippen LogP contribution is 2.44. The van der Waals surface area contributed by atoms with Crippen molar-refractivity contribution in [2.45, 2.75) is 0 Å². The van der Waals surface area contributed by atoms with Crippen LogP contribution in [0.25, 0.3) is 90.4 Å². The molecule has 0 unspecified atom stereocenters. The predicted molar refractivity (Wildman–Crippen MR) is 205 cm³/mol. The maximum absolute atomic E-state index is 2.44. The Balaban J connectivity index is 1.07. The molecular weight excluding hydrogens is 607 g/mol. The molecule has 3 aromatic heterocycles. The van der Waals surface area contributed by atoms with Gasteiger partial charge in [-0.25, -0.2) is 0 Å². The molecule has 0 aliphatic rings. The number of thiophene rings is 2. The molecule has 0 aliphatic carbocycles. The van der Waals surface area contributed by atoms with Crippen LogP contribution in [0.1, 0.15) is 0 Å². The van der Waals surface area contributed by atoms with Crippen LogP contribution in [0.3, 0.4) is 0 Å². The summed E-state index contributed by atoms with van der Waals surface area (Å²) in [6.07, 6.45) is 0. The number of para-hydroxylation sites is 2. The van der Waals surface area contributed by atoms with Crippen molar-refractivity contribution in [3.05, 3.63) is 164 Å². The third-order valence-electron chi connectivity index (χ3n) is 9.42. The van der Waals surface area contributed by atoms with Crippen molar-refractivity contribution in [3.63, 3.8) is 0 Å². The van der Waals surface area contributed by atoms with E-state index in [4.69, 9.17) is 0 Å². The maximum atomic E-state index is 2.44. The van der Waals surface area contributed by atoms with Crippen LogP contribution >= 0.6 is 22.7 Å². The zero-order valence-corrected chi connectivity index (χ0v) is 27.0. The highest BCUT2D eigenvalue weighted by Gasteiger charge is 2.18. The highest BCUT2D eigenvalue weighted by atomic mass is 32.1. The van der Waals surface area contributed by atoms with E-state index in [0.717, 1.165) is 0 Å². The summed E-state index contributed by atoms with van der Waals surface area (Å²) in [5.74, 6) is 0. The minimum atomic E-state index is 1.19. The molecule has 10 aromatic rings. The Labute approximate surface area is 280 Å². The van der Waals surface area contributed by atoms with Gasteiger partial charge in [0.25, 0.3) is 0 Å². The van der Waals surface area contributed by atoms with E-state index in [9.17, 15) is 0 Å². The van der Waals surface area contributed by atoms with Gasteiger partial charge in [0.1, 0.15) is 0 Å². The molecule has 0 saturated carbocycles. The van der Waals surface area contributed by atoms with Crippen molar-refractivity contribution in [2.75, 3.05) is 0 Å². The van der Waals surface area contributed by atoms with Gasteiger partial charge in [-0.15, -0.1) is 22.7 Å². The SMILES string of the molecule is c1ccc(-c2ccc3sc4c(-c5ccc(-c6ccc7sc8c9ccccc9n(-c9ccccc9)c8c7c6)cc5)cccc4c3c2)cc1. The van der Waals surface area contributed by atoms with Crippen molar-refractivity contribution in [3.8, 4) is 39.1 Å². The number of aromatic nitrogens is 1. The number of hydrogen-bond donors (Lipinski definition) is 0. The molecule has 0 atom stereocenters. The van der Waals surface area contributed by atoms with Crippen molar-refractivity contribution >= 4 is 74.1 Å². The smallest absolute Gasteiger partial charge is 0.0727 e. The molecule has 0 fully saturated rings. The van der Waals surface area contributed by atoms with Gasteiger partial charge in [-0.1, -0.05) is 121 Å². The normalized spacial score (nSPS) is 11.8. The fraction of sp³-hybridized carbons (Fsp3) is 0. The highest BCUT2D eigenvalue weighted by molar-refractivity contribution is 7.27. The molecule has 0 bridgehead atoms. The quantitative estimate of drug-likeness (QED) is 0.182. The van der Waals surface area contributed by atoms with Crippen LogP contribution in [-0.2, 0) is 0 Å². The summed E-state index contributed by atoms with van der Waals surface area (Å²) in [7, 11) is 0. The Kier molecular flexibility index (Phi) is 5.98. The lowest BCUT2D eigenvalue weighted by Gasteiger charge is -2.09. The van der Waals surface area contributed by atoms with Gasteiger partial charge < -0.3 is 4.57 Å². The second kappa shape index (κ2) is 10.5. The van der Waals surface area contributed by atoms with Crippen LogP contribution in [0, 0.1) is 0 Å². The summed E-state index contributed by atoms with van der Waals surface area (Å²) in [5.41, 5.74) is 11.3. The molecule has 0 aliphatic heterocycles. The molecule has 47 heavy (non-hydrogen) atoms. The van der Waals surface area contributed by atoms with Crippen LogP contribution in [0.15, 0.2) is 164 Å². The van der Waals surface area contributed by atoms with Crippen LogP contribution in [0.4, 0.5) is 0 Å². The molecule has 1 nitrogen and oxygen atoms in total. The molecule has 3 heteroatoms. The molecule has 0 N–H and O–H groups in total. The number of fused-ring (bicyclic) bond motifs is 8. The fourth-order valence-electron chi connectivity index (χ4n) is 7.17. The van der Waals surface area contributed by atoms with Gasteiger partial charge in [0.2, 0.25) is 0 Å². The van der Waals surface area contributed by atoms with Crippen LogP contribution < -0.4 is 0 Å². The first-order valence-electron chi connectivity index (χ1n) is 15.9. The zero-order valence-electron chi connectivity index (χ0n) is 25.4. The first kappa shape index (κ1) is 26.7. The first-order chi connectivity index (χ1) is 23.3. The summed E-state index contributed by atoms with van der Waals surface area (Å²) in [5, 5.41) is 5.26. The minimum Gasteiger partial charge on any atom is -0.308 e. The molecule has 0 radical (unpaired) electrons. The van der Waals surface area contributed by atoms with Gasteiger partial charge in [-0.3, -0.25) is 0 Å². The summed E-state index contributed by atoms with van der Waals surface area (Å²) < 4.78 is 7.77. The molecule has 3 heterocycles. The number of benzene rings is 7. The zero-order chi connectivity index (χ0) is 30.9. The first-order valence-corrected chi connectivity index (χ1v) is 17.6. The van der Waals surface area contributed by atoms with Crippen LogP contribution in [0.2, 0.25) is 0 Å². The molecule has 0 amide bonds. The number of hydrogen-bond acceptors (Lipinski definition) is 2. The second-order valence-electron chi connectivity index (χ2n) is 12.1. The average molecular weight is 634 g/mol. The van der Waals surface area contributed by atoms with Crippen molar-refractivity contribution in [1.29, 1.82) is 0 Å². The van der Waals surface area contributed by atoms with E-state index in [0.29, 0.717) is 0 Å². The summed E-state index contributed by atoms with van der Waals surface area (Å²) in [6.45, 7) is 0. The van der Waals surface area contributed by atoms with Gasteiger partial charge in [0.05, 0.1) is 15.7 Å². The Hall–Kier alpha value is -5.48. The standard InChI is InChI=1S/C44H27NS2/c1-3-10-28(11-4-1)31-22-24-40-37(26-31)35-16-9-15-34(43(35)46-40)30-20-18-29(19-21-30)32-23-25-41-38(27-32)42-44(47-41)36-14-7-8-17-39(36)45(42)33-12-5-2-6-13-33/h1-27H. The van der Waals surface area contributed by atoms with E-state index >= 15 is 0 Å². The van der Waals surface area contributed by atoms with Gasteiger partial charge in [0.15, 0.2) is 0 Å². The Bertz CT molecular complexity index is 2760. The van der Waals surface area contributed by atoms with E-state index in [1.807, 2.05) is 22.7 Å². The van der Waals surface area contributed by atoms with Gasteiger partial charge >= 0.3 is 0 Å². The summed E-state index contributed by atoms with van der Waals surface area (Å²) in [6, 6.07) is 59.9. The molecule has 220 valence electrons. The Morgan fingerprint density at radius 2 is 0.936 bits per heavy atom. The lowest BCUT2D eigenvalue weighted by Crippen LogP contribution is -1.92. The van der Waals surface area contributed by atoms with E-state index < -0.39 is 0 Å². The third kappa shape index (κ3) is 4.21. The van der Waals surface area contributed by atoms with Crippen LogP contribution in [-0.4, -0.2) is 4.57 Å². The lowest BCUT2D eigenvalue weighted by molar-refractivity contribution is 1.19. The third-order valence-corrected chi connectivity index (χ3v) is 11.8. The molecule has 7 aromatic carbocycles. The lowest BCUT2D eigenvalue weighted by atomic mass is 9.98. The molecule has 0 saturated heterocycles. The second-order valence-corrected chi connectivity index (χ2v) is 14.2. The van der Waals surface area contributed by atoms with Crippen molar-refractivity contribution in [2.24, 2.45) is 0 Å². The van der Waals surface area contributed by atoms with E-state index in [-0.39, 0.29) is 0 Å². The van der Waals surface area contributed by atoms with E-state index in [1.165, 1.54) is 90.4 Å². The number of nitrogens with zero attached hydrogens (tertiary/aromatic N) is 1. The summed E-state index contributed by atoms with van der Waals surface area (Å²) in [4.78, 5) is 0. The monoisotopic (exact) mass is 633 g/mol. The molecular formula is C44H27NS2. The van der Waals surface area contributed by atoms with Crippen molar-refractivity contribution < 1.29 is 0 Å². The van der Waals surface area contributed by atoms with Gasteiger partial charge in [0, 0.05) is 41.3 Å². The Morgan fingerprint density at radius 3 is 1.72 bits per heavy atom. The van der Waals surface area contributed by atoms with Gasteiger partial charge in [-0.05, 0) is 75.8 Å². The van der Waals surface area contributed by atoms with Gasteiger partial charge in [-0.2, -0.15) is 0 Å². The van der Waals surface area contributed by atoms with Crippen molar-refractivity contribution in [1.82, 2.24) is 4.57 Å². The topological polar surface area (TPSA) is 4.93 Å². The largest absolute Gasteiger partial charge is 0.308 e. The Morgan fingerprint density at radius 1 is 0.362 bits per heavy atom. The van der Waals surface area contributed by atoms with E-state index in [2.05, 4.69) is 168 Å². The summed E-state index contributed by atoms with van der Waals surface area (Å²) >= 11 is 3.78. The minimum absolute atomic E-state index is 1.19. The van der Waals surface area contributed by atoms with E-state index in [1.54, 1.807) is 0 Å². The molecule has 0 spiro atoms.